The molecule has 6 heteroatoms. The summed E-state index contributed by atoms with van der Waals surface area (Å²) in [4.78, 5) is 12.7. The zero-order valence-corrected chi connectivity index (χ0v) is 12.6. The number of nitrogens with zero attached hydrogens (tertiary/aromatic N) is 2. The molecule has 1 aromatic carbocycles. The van der Waals surface area contributed by atoms with Crippen molar-refractivity contribution in [1.82, 2.24) is 14.9 Å². The highest BCUT2D eigenvalue weighted by Crippen LogP contribution is 2.45. The third kappa shape index (κ3) is 2.82. The maximum Gasteiger partial charge on any atom is 0.265 e. The van der Waals surface area contributed by atoms with E-state index < -0.39 is 5.60 Å². The lowest BCUT2D eigenvalue weighted by Crippen LogP contribution is -2.42. The molecule has 2 aromatic rings. The summed E-state index contributed by atoms with van der Waals surface area (Å²) in [5, 5.41) is 17.7. The predicted octanol–water partition coefficient (Wildman–Crippen LogP) is 1.87. The second-order valence-electron chi connectivity index (χ2n) is 5.43. The van der Waals surface area contributed by atoms with Crippen LogP contribution in [0.5, 0.6) is 0 Å². The summed E-state index contributed by atoms with van der Waals surface area (Å²) in [6.45, 7) is 1.96. The van der Waals surface area contributed by atoms with E-state index in [0.29, 0.717) is 10.6 Å². The normalized spacial score (nSPS) is 17.2. The Morgan fingerprint density at radius 2 is 2.14 bits per heavy atom. The Bertz CT molecular complexity index is 639. The van der Waals surface area contributed by atoms with Crippen molar-refractivity contribution in [3.8, 4) is 0 Å². The van der Waals surface area contributed by atoms with E-state index in [9.17, 15) is 9.90 Å². The lowest BCUT2D eigenvalue weighted by molar-refractivity contribution is 0.0135. The molecule has 1 aromatic heterocycles. The maximum absolute atomic E-state index is 12.2. The molecule has 1 aliphatic rings. The second-order valence-corrected chi connectivity index (χ2v) is 6.19. The number of nitrogens with one attached hydrogen (secondary N) is 1. The smallest absolute Gasteiger partial charge is 0.265 e. The van der Waals surface area contributed by atoms with Gasteiger partial charge in [-0.15, -0.1) is 5.10 Å². The van der Waals surface area contributed by atoms with Crippen molar-refractivity contribution in [1.29, 1.82) is 0 Å². The van der Waals surface area contributed by atoms with Crippen molar-refractivity contribution in [3.63, 3.8) is 0 Å². The lowest BCUT2D eigenvalue weighted by atomic mass is 9.88. The lowest BCUT2D eigenvalue weighted by Gasteiger charge is -2.29. The first-order chi connectivity index (χ1) is 10.1. The Labute approximate surface area is 127 Å². The molecule has 0 saturated heterocycles. The first-order valence-corrected chi connectivity index (χ1v) is 7.73. The molecule has 1 amide bonds. The predicted molar refractivity (Wildman–Crippen MR) is 80.0 cm³/mol. The summed E-state index contributed by atoms with van der Waals surface area (Å²) in [5.41, 5.74) is 0.474. The van der Waals surface area contributed by atoms with Gasteiger partial charge in [-0.25, -0.2) is 0 Å². The van der Waals surface area contributed by atoms with Crippen LogP contribution in [0.4, 0.5) is 0 Å². The SMILES string of the molecule is Cc1nnsc1C(=O)NCC(O)(c1ccccc1)C1CC1. The minimum absolute atomic E-state index is 0.206. The Hall–Kier alpha value is -1.79. The first-order valence-electron chi connectivity index (χ1n) is 6.96. The van der Waals surface area contributed by atoms with Gasteiger partial charge in [-0.2, -0.15) is 0 Å². The molecular weight excluding hydrogens is 286 g/mol. The number of carbonyl (C=O) groups is 1. The first kappa shape index (κ1) is 14.2. The van der Waals surface area contributed by atoms with Crippen LogP contribution in [-0.4, -0.2) is 27.1 Å². The van der Waals surface area contributed by atoms with Crippen molar-refractivity contribution in [2.24, 2.45) is 5.92 Å². The van der Waals surface area contributed by atoms with Crippen molar-refractivity contribution >= 4 is 17.4 Å². The molecule has 2 N–H and O–H groups in total. The molecule has 0 aliphatic heterocycles. The zero-order chi connectivity index (χ0) is 14.9. The second kappa shape index (κ2) is 5.54. The van der Waals surface area contributed by atoms with E-state index in [1.807, 2.05) is 30.3 Å². The van der Waals surface area contributed by atoms with E-state index in [1.165, 1.54) is 0 Å². The fraction of sp³-hybridized carbons (Fsp3) is 0.400. The van der Waals surface area contributed by atoms with Crippen LogP contribution in [0.25, 0.3) is 0 Å². The van der Waals surface area contributed by atoms with E-state index in [1.54, 1.807) is 6.92 Å². The summed E-state index contributed by atoms with van der Waals surface area (Å²) in [6, 6.07) is 9.54. The fourth-order valence-electron chi connectivity index (χ4n) is 2.50. The highest BCUT2D eigenvalue weighted by Gasteiger charge is 2.45. The van der Waals surface area contributed by atoms with E-state index in [4.69, 9.17) is 0 Å². The minimum Gasteiger partial charge on any atom is -0.383 e. The van der Waals surface area contributed by atoms with Crippen LogP contribution in [0, 0.1) is 12.8 Å². The number of amides is 1. The summed E-state index contributed by atoms with van der Waals surface area (Å²) in [5.74, 6) is -0.0154. The summed E-state index contributed by atoms with van der Waals surface area (Å²) in [7, 11) is 0. The van der Waals surface area contributed by atoms with Gasteiger partial charge in [0, 0.05) is 0 Å². The van der Waals surface area contributed by atoms with E-state index in [-0.39, 0.29) is 18.4 Å². The average molecular weight is 303 g/mol. The van der Waals surface area contributed by atoms with Gasteiger partial charge >= 0.3 is 0 Å². The molecule has 5 nitrogen and oxygen atoms in total. The van der Waals surface area contributed by atoms with Crippen molar-refractivity contribution < 1.29 is 9.90 Å². The molecule has 1 saturated carbocycles. The summed E-state index contributed by atoms with van der Waals surface area (Å²) < 4.78 is 3.76. The Morgan fingerprint density at radius 3 is 2.71 bits per heavy atom. The van der Waals surface area contributed by atoms with Gasteiger partial charge in [-0.05, 0) is 42.8 Å². The van der Waals surface area contributed by atoms with Gasteiger partial charge in [0.25, 0.3) is 5.91 Å². The largest absolute Gasteiger partial charge is 0.383 e. The number of hydrogen-bond donors (Lipinski definition) is 2. The van der Waals surface area contributed by atoms with E-state index in [0.717, 1.165) is 29.9 Å². The molecule has 3 rings (SSSR count). The van der Waals surface area contributed by atoms with Crippen LogP contribution in [0.2, 0.25) is 0 Å². The Kier molecular flexibility index (Phi) is 3.73. The summed E-state index contributed by atoms with van der Waals surface area (Å²) in [6.07, 6.45) is 1.98. The van der Waals surface area contributed by atoms with Crippen molar-refractivity contribution in [3.05, 3.63) is 46.5 Å². The van der Waals surface area contributed by atoms with Crippen LogP contribution < -0.4 is 5.32 Å². The number of hydrogen-bond acceptors (Lipinski definition) is 5. The molecule has 1 heterocycles. The molecule has 0 bridgehead atoms. The molecular formula is C15H17N3O2S. The minimum atomic E-state index is -0.997. The standard InChI is InChI=1S/C15H17N3O2S/c1-10-13(21-18-17-10)14(19)16-9-15(20,12-7-8-12)11-5-3-2-4-6-11/h2-6,12,20H,7-9H2,1H3,(H,16,19). The van der Waals surface area contributed by atoms with Gasteiger partial charge in [-0.3, -0.25) is 4.79 Å². The molecule has 1 fully saturated rings. The molecule has 0 spiro atoms. The van der Waals surface area contributed by atoms with Gasteiger partial charge in [-0.1, -0.05) is 34.8 Å². The Morgan fingerprint density at radius 1 is 1.43 bits per heavy atom. The third-order valence-corrected chi connectivity index (χ3v) is 4.73. The molecule has 0 radical (unpaired) electrons. The third-order valence-electron chi connectivity index (χ3n) is 3.90. The number of aliphatic hydroxyl groups is 1. The van der Waals surface area contributed by atoms with Crippen molar-refractivity contribution in [2.45, 2.75) is 25.4 Å². The molecule has 1 aliphatic carbocycles. The number of rotatable bonds is 5. The monoisotopic (exact) mass is 303 g/mol. The number of aryl methyl sites for hydroxylation is 1. The highest BCUT2D eigenvalue weighted by molar-refractivity contribution is 7.07. The van der Waals surface area contributed by atoms with Crippen LogP contribution >= 0.6 is 11.5 Å². The molecule has 21 heavy (non-hydrogen) atoms. The topological polar surface area (TPSA) is 75.1 Å². The molecule has 1 unspecified atom stereocenters. The van der Waals surface area contributed by atoms with Crippen molar-refractivity contribution in [2.75, 3.05) is 6.54 Å². The van der Waals surface area contributed by atoms with Crippen LogP contribution in [0.3, 0.4) is 0 Å². The Balaban J connectivity index is 1.75. The van der Waals surface area contributed by atoms with Gasteiger partial charge in [0.2, 0.25) is 0 Å². The molecule has 110 valence electrons. The van der Waals surface area contributed by atoms with Crippen LogP contribution in [0.15, 0.2) is 30.3 Å². The summed E-state index contributed by atoms with van der Waals surface area (Å²) >= 11 is 1.07. The number of benzene rings is 1. The number of aromatic nitrogens is 2. The fourth-order valence-corrected chi connectivity index (χ4v) is 3.08. The van der Waals surface area contributed by atoms with Gasteiger partial charge in [0.1, 0.15) is 10.5 Å². The highest BCUT2D eigenvalue weighted by atomic mass is 32.1. The van der Waals surface area contributed by atoms with Crippen LogP contribution in [-0.2, 0) is 5.60 Å². The van der Waals surface area contributed by atoms with Gasteiger partial charge < -0.3 is 10.4 Å². The zero-order valence-electron chi connectivity index (χ0n) is 11.7. The van der Waals surface area contributed by atoms with E-state index in [2.05, 4.69) is 14.9 Å². The van der Waals surface area contributed by atoms with Gasteiger partial charge in [0.15, 0.2) is 0 Å². The average Bonchev–Trinajstić information content (AvgIpc) is 3.28. The van der Waals surface area contributed by atoms with E-state index >= 15 is 0 Å². The molecule has 1 atom stereocenters. The van der Waals surface area contributed by atoms with Gasteiger partial charge in [0.05, 0.1) is 12.2 Å². The van der Waals surface area contributed by atoms with Crippen LogP contribution in [0.1, 0.15) is 33.8 Å². The quantitative estimate of drug-likeness (QED) is 0.884. The maximum atomic E-state index is 12.2. The number of carbonyl (C=O) groups excluding carboxylic acids is 1.